The predicted octanol–water partition coefficient (Wildman–Crippen LogP) is 3.84. The molecule has 0 bridgehead atoms. The number of hydrogen-bond donors (Lipinski definition) is 1. The number of amides is 1. The van der Waals surface area contributed by atoms with Crippen LogP contribution in [0.5, 0.6) is 0 Å². The Morgan fingerprint density at radius 2 is 2.00 bits per heavy atom. The molecule has 2 aliphatic rings. The van der Waals surface area contributed by atoms with Crippen LogP contribution in [-0.4, -0.2) is 89.2 Å². The molecule has 1 fully saturated rings. The number of carbonyl (C=O) groups excluding carboxylic acids is 1. The van der Waals surface area contributed by atoms with Gasteiger partial charge in [-0.2, -0.15) is 5.10 Å². The zero-order chi connectivity index (χ0) is 24.9. The maximum Gasteiger partial charge on any atom is 0.255 e. The van der Waals surface area contributed by atoms with Crippen LogP contribution in [0.25, 0.3) is 17.2 Å². The van der Waals surface area contributed by atoms with Gasteiger partial charge in [-0.25, -0.2) is 0 Å². The third-order valence-corrected chi connectivity index (χ3v) is 6.98. The molecule has 0 spiro atoms. The number of nitrogens with zero attached hydrogens (tertiary/aromatic N) is 5. The second kappa shape index (κ2) is 11.1. The van der Waals surface area contributed by atoms with Gasteiger partial charge in [0.15, 0.2) is 0 Å². The van der Waals surface area contributed by atoms with E-state index in [2.05, 4.69) is 65.1 Å². The van der Waals surface area contributed by atoms with E-state index < -0.39 is 0 Å². The van der Waals surface area contributed by atoms with Gasteiger partial charge in [0.1, 0.15) is 0 Å². The Morgan fingerprint density at radius 3 is 2.71 bits per heavy atom. The Morgan fingerprint density at radius 1 is 1.23 bits per heavy atom. The van der Waals surface area contributed by atoms with Crippen LogP contribution in [0.3, 0.4) is 0 Å². The highest BCUT2D eigenvalue weighted by atomic mass is 16.2. The lowest BCUT2D eigenvalue weighted by atomic mass is 9.83. The number of fused-ring (bicyclic) bond motifs is 1. The van der Waals surface area contributed by atoms with Gasteiger partial charge in [0.25, 0.3) is 5.91 Å². The van der Waals surface area contributed by atoms with Crippen molar-refractivity contribution < 1.29 is 4.79 Å². The van der Waals surface area contributed by atoms with Crippen LogP contribution >= 0.6 is 0 Å². The minimum absolute atomic E-state index is 0.0745. The summed E-state index contributed by atoms with van der Waals surface area (Å²) in [5.41, 5.74) is 7.29. The third-order valence-electron chi connectivity index (χ3n) is 6.98. The van der Waals surface area contributed by atoms with Crippen LogP contribution in [0.15, 0.2) is 36.7 Å². The molecule has 35 heavy (non-hydrogen) atoms. The Kier molecular flexibility index (Phi) is 7.98. The summed E-state index contributed by atoms with van der Waals surface area (Å²) in [6, 6.07) is 2.02. The van der Waals surface area contributed by atoms with Gasteiger partial charge >= 0.3 is 0 Å². The smallest absolute Gasteiger partial charge is 0.255 e. The monoisotopic (exact) mass is 474 g/mol. The second-order valence-corrected chi connectivity index (χ2v) is 9.94. The fourth-order valence-corrected chi connectivity index (χ4v) is 4.81. The number of rotatable bonds is 7. The van der Waals surface area contributed by atoms with E-state index in [1.54, 1.807) is 6.20 Å². The van der Waals surface area contributed by atoms with E-state index in [-0.39, 0.29) is 5.91 Å². The van der Waals surface area contributed by atoms with Crippen molar-refractivity contribution in [1.82, 2.24) is 29.9 Å². The largest absolute Gasteiger partial charge is 0.336 e. The summed E-state index contributed by atoms with van der Waals surface area (Å²) < 4.78 is 0. The topological polar surface area (TPSA) is 68.4 Å². The van der Waals surface area contributed by atoms with Crippen LogP contribution in [0.2, 0.25) is 0 Å². The first-order chi connectivity index (χ1) is 16.9. The molecule has 7 heteroatoms. The number of carbonyl (C=O) groups is 1. The quantitative estimate of drug-likeness (QED) is 0.618. The maximum absolute atomic E-state index is 13.3. The van der Waals surface area contributed by atoms with Crippen LogP contribution in [-0.2, 0) is 6.42 Å². The van der Waals surface area contributed by atoms with Crippen molar-refractivity contribution in [2.24, 2.45) is 5.92 Å². The third kappa shape index (κ3) is 5.80. The number of piperazine rings is 1. The molecule has 1 aliphatic heterocycles. The summed E-state index contributed by atoms with van der Waals surface area (Å²) in [6.45, 7) is 11.8. The normalized spacial score (nSPS) is 19.4. The number of aromatic nitrogens is 3. The molecule has 0 saturated carbocycles. The molecular weight excluding hydrogens is 436 g/mol. The molecule has 2 aromatic heterocycles. The molecule has 1 N–H and O–H groups in total. The van der Waals surface area contributed by atoms with E-state index in [0.29, 0.717) is 11.5 Å². The Bertz CT molecular complexity index is 1130. The SMILES string of the molecule is C/C=C\C=C(/C)c1n[nH]c2c1C=C(c1cncc(C(=O)N3CCN(CCN(C)C)CC3)c1)C(C)C2. The molecule has 7 nitrogen and oxygen atoms in total. The van der Waals surface area contributed by atoms with Crippen molar-refractivity contribution in [3.8, 4) is 0 Å². The van der Waals surface area contributed by atoms with Crippen molar-refractivity contribution in [1.29, 1.82) is 0 Å². The molecule has 186 valence electrons. The highest BCUT2D eigenvalue weighted by Crippen LogP contribution is 2.36. The van der Waals surface area contributed by atoms with Gasteiger partial charge in [-0.15, -0.1) is 0 Å². The average molecular weight is 475 g/mol. The van der Waals surface area contributed by atoms with E-state index in [9.17, 15) is 4.79 Å². The van der Waals surface area contributed by atoms with Gasteiger partial charge < -0.3 is 9.80 Å². The minimum atomic E-state index is 0.0745. The molecule has 1 saturated heterocycles. The van der Waals surface area contributed by atoms with Crippen molar-refractivity contribution in [2.45, 2.75) is 27.2 Å². The molecule has 0 radical (unpaired) electrons. The van der Waals surface area contributed by atoms with Crippen LogP contribution in [0.4, 0.5) is 0 Å². The molecule has 1 atom stereocenters. The summed E-state index contributed by atoms with van der Waals surface area (Å²) in [6.07, 6.45) is 12.8. The Hall–Kier alpha value is -3.03. The van der Waals surface area contributed by atoms with Crippen LogP contribution in [0, 0.1) is 5.92 Å². The molecule has 1 aliphatic carbocycles. The van der Waals surface area contributed by atoms with Crippen molar-refractivity contribution in [3.63, 3.8) is 0 Å². The first kappa shape index (κ1) is 25.1. The summed E-state index contributed by atoms with van der Waals surface area (Å²) in [5.74, 6) is 0.383. The Labute approximate surface area is 209 Å². The van der Waals surface area contributed by atoms with Gasteiger partial charge in [-0.3, -0.25) is 19.8 Å². The highest BCUT2D eigenvalue weighted by Gasteiger charge is 2.26. The number of pyridine rings is 1. The number of aromatic amines is 1. The van der Waals surface area contributed by atoms with Crippen LogP contribution in [0.1, 0.15) is 53.6 Å². The second-order valence-electron chi connectivity index (χ2n) is 9.94. The average Bonchev–Trinajstić information content (AvgIpc) is 3.28. The molecule has 1 amide bonds. The standard InChI is InChI=1S/C28H38N6O/c1-6-7-8-20(2)27-25-17-24(21(3)15-26(25)30-31-27)22-16-23(19-29-18-22)28(35)34-13-11-33(12-14-34)10-9-32(4)5/h6-8,16-19,21H,9-15H2,1-5H3,(H,30,31)/b7-6-,20-8+. The van der Waals surface area contributed by atoms with Gasteiger partial charge in [0.05, 0.1) is 11.3 Å². The maximum atomic E-state index is 13.3. The summed E-state index contributed by atoms with van der Waals surface area (Å²) in [7, 11) is 4.19. The van der Waals surface area contributed by atoms with E-state index in [1.807, 2.05) is 36.2 Å². The Balaban J connectivity index is 1.52. The minimum Gasteiger partial charge on any atom is -0.336 e. The molecule has 0 aromatic carbocycles. The lowest BCUT2D eigenvalue weighted by molar-refractivity contribution is 0.0629. The molecule has 1 unspecified atom stereocenters. The first-order valence-electron chi connectivity index (χ1n) is 12.6. The molecule has 3 heterocycles. The van der Waals surface area contributed by atoms with E-state index in [4.69, 9.17) is 0 Å². The highest BCUT2D eigenvalue weighted by molar-refractivity contribution is 5.96. The van der Waals surface area contributed by atoms with Gasteiger partial charge in [-0.05, 0) is 69.1 Å². The fraction of sp³-hybridized carbons (Fsp3) is 0.464. The van der Waals surface area contributed by atoms with E-state index >= 15 is 0 Å². The predicted molar refractivity (Wildman–Crippen MR) is 143 cm³/mol. The van der Waals surface area contributed by atoms with Crippen molar-refractivity contribution in [3.05, 3.63) is 64.8 Å². The molecule has 2 aromatic rings. The number of allylic oxidation sites excluding steroid dienone is 5. The summed E-state index contributed by atoms with van der Waals surface area (Å²) >= 11 is 0. The zero-order valence-corrected chi connectivity index (χ0v) is 21.7. The lowest BCUT2D eigenvalue weighted by Crippen LogP contribution is -2.50. The fourth-order valence-electron chi connectivity index (χ4n) is 4.81. The van der Waals surface area contributed by atoms with Gasteiger partial charge in [-0.1, -0.05) is 25.2 Å². The summed E-state index contributed by atoms with van der Waals surface area (Å²) in [4.78, 5) is 24.4. The molecule has 4 rings (SSSR count). The van der Waals surface area contributed by atoms with E-state index in [1.165, 1.54) is 5.57 Å². The zero-order valence-electron chi connectivity index (χ0n) is 21.7. The lowest BCUT2D eigenvalue weighted by Gasteiger charge is -2.35. The number of likely N-dealkylation sites (N-methyl/N-ethyl adjacent to an activating group) is 1. The van der Waals surface area contributed by atoms with Gasteiger partial charge in [0.2, 0.25) is 0 Å². The van der Waals surface area contributed by atoms with Crippen molar-refractivity contribution >= 4 is 23.1 Å². The molecular formula is C28H38N6O. The van der Waals surface area contributed by atoms with Crippen molar-refractivity contribution in [2.75, 3.05) is 53.4 Å². The number of hydrogen-bond acceptors (Lipinski definition) is 5. The number of nitrogens with one attached hydrogen (secondary N) is 1. The first-order valence-corrected chi connectivity index (χ1v) is 12.6. The van der Waals surface area contributed by atoms with Gasteiger partial charge in [0, 0.05) is 62.9 Å². The number of H-pyrrole nitrogens is 1. The van der Waals surface area contributed by atoms with Crippen LogP contribution < -0.4 is 0 Å². The summed E-state index contributed by atoms with van der Waals surface area (Å²) in [5, 5.41) is 7.83. The van der Waals surface area contributed by atoms with E-state index in [0.717, 1.165) is 73.8 Å².